The third-order valence-corrected chi connectivity index (χ3v) is 5.93. The Balaban J connectivity index is 2.38. The standard InChI is InChI=1S/C10H16N2O5S/c1-10(2)8(11-6-4-5-7(11)13)12(9(14)17-3)18(10,15)16/h8H,4-6H2,1-3H3. The molecule has 0 aromatic carbocycles. The number of sulfonamides is 1. The van der Waals surface area contributed by atoms with Crippen molar-refractivity contribution in [2.24, 2.45) is 0 Å². The number of carbonyl (C=O) groups is 2. The molecule has 0 radical (unpaired) electrons. The van der Waals surface area contributed by atoms with Crippen LogP contribution in [0.5, 0.6) is 0 Å². The van der Waals surface area contributed by atoms with Gasteiger partial charge in [0.2, 0.25) is 5.91 Å². The average Bonchev–Trinajstić information content (AvgIpc) is 2.70. The monoisotopic (exact) mass is 276 g/mol. The van der Waals surface area contributed by atoms with Gasteiger partial charge in [-0.05, 0) is 20.3 Å². The molecule has 0 saturated carbocycles. The molecular formula is C10H16N2O5S. The van der Waals surface area contributed by atoms with Gasteiger partial charge in [0.05, 0.1) is 7.11 Å². The molecule has 1 unspecified atom stereocenters. The molecule has 2 fully saturated rings. The van der Waals surface area contributed by atoms with Gasteiger partial charge in [-0.25, -0.2) is 13.2 Å². The molecule has 0 bridgehead atoms. The van der Waals surface area contributed by atoms with E-state index in [-0.39, 0.29) is 5.91 Å². The molecule has 2 rings (SSSR count). The predicted molar refractivity (Wildman–Crippen MR) is 62.0 cm³/mol. The zero-order valence-corrected chi connectivity index (χ0v) is 11.4. The minimum atomic E-state index is -3.76. The number of methoxy groups -OCH3 is 1. The van der Waals surface area contributed by atoms with Gasteiger partial charge in [-0.1, -0.05) is 0 Å². The van der Waals surface area contributed by atoms with E-state index in [1.807, 2.05) is 0 Å². The van der Waals surface area contributed by atoms with E-state index in [0.717, 1.165) is 7.11 Å². The Kier molecular flexibility index (Phi) is 2.80. The summed E-state index contributed by atoms with van der Waals surface area (Å²) in [5.41, 5.74) is 0. The lowest BCUT2D eigenvalue weighted by Gasteiger charge is -2.54. The van der Waals surface area contributed by atoms with E-state index in [1.54, 1.807) is 0 Å². The molecule has 2 saturated heterocycles. The lowest BCUT2D eigenvalue weighted by atomic mass is 10.1. The van der Waals surface area contributed by atoms with Gasteiger partial charge in [-0.15, -0.1) is 0 Å². The van der Waals surface area contributed by atoms with Gasteiger partial charge < -0.3 is 9.64 Å². The van der Waals surface area contributed by atoms with Crippen LogP contribution in [0.1, 0.15) is 26.7 Å². The summed E-state index contributed by atoms with van der Waals surface area (Å²) >= 11 is 0. The molecule has 0 aromatic rings. The molecule has 0 N–H and O–H groups in total. The molecule has 8 heteroatoms. The Morgan fingerprint density at radius 2 is 2.06 bits per heavy atom. The van der Waals surface area contributed by atoms with Crippen molar-refractivity contribution in [2.45, 2.75) is 37.6 Å². The zero-order valence-electron chi connectivity index (χ0n) is 10.5. The van der Waals surface area contributed by atoms with Crippen molar-refractivity contribution in [3.05, 3.63) is 0 Å². The highest BCUT2D eigenvalue weighted by molar-refractivity contribution is 7.92. The molecule has 0 aliphatic carbocycles. The molecule has 0 aromatic heterocycles. The van der Waals surface area contributed by atoms with Gasteiger partial charge in [0.1, 0.15) is 10.9 Å². The Hall–Kier alpha value is -1.31. The number of ether oxygens (including phenoxy) is 1. The van der Waals surface area contributed by atoms with Crippen LogP contribution in [-0.2, 0) is 19.6 Å². The maximum Gasteiger partial charge on any atom is 0.425 e. The van der Waals surface area contributed by atoms with Crippen LogP contribution < -0.4 is 0 Å². The fourth-order valence-corrected chi connectivity index (χ4v) is 4.23. The largest absolute Gasteiger partial charge is 0.452 e. The van der Waals surface area contributed by atoms with Crippen LogP contribution in [0.2, 0.25) is 0 Å². The first-order valence-corrected chi connectivity index (χ1v) is 7.10. The van der Waals surface area contributed by atoms with E-state index in [2.05, 4.69) is 4.74 Å². The summed E-state index contributed by atoms with van der Waals surface area (Å²) in [6.45, 7) is 3.49. The van der Waals surface area contributed by atoms with Crippen LogP contribution in [0.15, 0.2) is 0 Å². The van der Waals surface area contributed by atoms with Crippen molar-refractivity contribution in [3.8, 4) is 0 Å². The molecule has 18 heavy (non-hydrogen) atoms. The van der Waals surface area contributed by atoms with Gasteiger partial charge in [-0.3, -0.25) is 4.79 Å². The molecule has 7 nitrogen and oxygen atoms in total. The summed E-state index contributed by atoms with van der Waals surface area (Å²) in [4.78, 5) is 24.7. The van der Waals surface area contributed by atoms with Crippen molar-refractivity contribution in [3.63, 3.8) is 0 Å². The maximum absolute atomic E-state index is 12.0. The van der Waals surface area contributed by atoms with Crippen LogP contribution in [0.4, 0.5) is 4.79 Å². The number of hydrogen-bond acceptors (Lipinski definition) is 5. The number of amides is 2. The second-order valence-corrected chi connectivity index (χ2v) is 7.33. The fourth-order valence-electron chi connectivity index (χ4n) is 2.47. The average molecular weight is 276 g/mol. The summed E-state index contributed by atoms with van der Waals surface area (Å²) in [6.07, 6.45) is -0.647. The van der Waals surface area contributed by atoms with Gasteiger partial charge in [0, 0.05) is 13.0 Å². The number of likely N-dealkylation sites (tertiary alicyclic amines) is 1. The highest BCUT2D eigenvalue weighted by Gasteiger charge is 2.66. The first-order valence-electron chi connectivity index (χ1n) is 5.66. The third kappa shape index (κ3) is 1.44. The van der Waals surface area contributed by atoms with E-state index >= 15 is 0 Å². The quantitative estimate of drug-likeness (QED) is 0.679. The number of nitrogens with zero attached hydrogens (tertiary/aromatic N) is 2. The van der Waals surface area contributed by atoms with Crippen LogP contribution in [-0.4, -0.2) is 54.2 Å². The lowest BCUT2D eigenvalue weighted by Crippen LogP contribution is -2.77. The summed E-state index contributed by atoms with van der Waals surface area (Å²) in [7, 11) is -2.64. The molecule has 1 atom stereocenters. The van der Waals surface area contributed by atoms with E-state index in [9.17, 15) is 18.0 Å². The van der Waals surface area contributed by atoms with Crippen LogP contribution in [0, 0.1) is 0 Å². The maximum atomic E-state index is 12.0. The first kappa shape index (κ1) is 13.1. The summed E-state index contributed by atoms with van der Waals surface area (Å²) in [5.74, 6) is -0.128. The van der Waals surface area contributed by atoms with E-state index in [0.29, 0.717) is 23.7 Å². The smallest absolute Gasteiger partial charge is 0.425 e. The number of hydrogen-bond donors (Lipinski definition) is 0. The Bertz CT molecular complexity index is 498. The topological polar surface area (TPSA) is 84.0 Å². The van der Waals surface area contributed by atoms with Crippen LogP contribution in [0.25, 0.3) is 0 Å². The SMILES string of the molecule is COC(=O)N1C(N2CCCC2=O)C(C)(C)S1(=O)=O. The lowest BCUT2D eigenvalue weighted by molar-refractivity contribution is -0.133. The normalized spacial score (nSPS) is 29.1. The second kappa shape index (κ2) is 3.84. The summed E-state index contributed by atoms with van der Waals surface area (Å²) in [5, 5.41) is 0. The highest BCUT2D eigenvalue weighted by atomic mass is 32.2. The van der Waals surface area contributed by atoms with Crippen molar-refractivity contribution in [1.82, 2.24) is 9.21 Å². The molecular weight excluding hydrogens is 260 g/mol. The van der Waals surface area contributed by atoms with E-state index in [1.165, 1.54) is 18.7 Å². The third-order valence-electron chi connectivity index (χ3n) is 3.53. The number of rotatable bonds is 1. The Morgan fingerprint density at radius 3 is 2.50 bits per heavy atom. The summed E-state index contributed by atoms with van der Waals surface area (Å²) in [6, 6.07) is 0. The van der Waals surface area contributed by atoms with Crippen LogP contribution in [0.3, 0.4) is 0 Å². The minimum absolute atomic E-state index is 0.128. The van der Waals surface area contributed by atoms with Crippen molar-refractivity contribution < 1.29 is 22.7 Å². The predicted octanol–water partition coefficient (Wildman–Crippen LogP) is 0.125. The molecule has 2 heterocycles. The van der Waals surface area contributed by atoms with E-state index in [4.69, 9.17) is 0 Å². The van der Waals surface area contributed by atoms with E-state index < -0.39 is 27.0 Å². The van der Waals surface area contributed by atoms with Crippen molar-refractivity contribution >= 4 is 22.0 Å². The van der Waals surface area contributed by atoms with Crippen molar-refractivity contribution in [1.29, 1.82) is 0 Å². The Morgan fingerprint density at radius 1 is 1.44 bits per heavy atom. The molecule has 102 valence electrons. The zero-order chi connectivity index (χ0) is 13.7. The van der Waals surface area contributed by atoms with Gasteiger partial charge >= 0.3 is 6.09 Å². The van der Waals surface area contributed by atoms with Gasteiger partial charge in [0.25, 0.3) is 10.0 Å². The van der Waals surface area contributed by atoms with Gasteiger partial charge in [-0.2, -0.15) is 4.31 Å². The molecule has 2 aliphatic rings. The molecule has 2 amide bonds. The number of carbonyl (C=O) groups excluding carboxylic acids is 2. The fraction of sp³-hybridized carbons (Fsp3) is 0.800. The highest BCUT2D eigenvalue weighted by Crippen LogP contribution is 2.43. The summed E-state index contributed by atoms with van der Waals surface area (Å²) < 4.78 is 28.0. The molecule has 2 aliphatic heterocycles. The van der Waals surface area contributed by atoms with Crippen LogP contribution >= 0.6 is 0 Å². The van der Waals surface area contributed by atoms with Crippen molar-refractivity contribution in [2.75, 3.05) is 13.7 Å². The first-order chi connectivity index (χ1) is 8.25. The Labute approximate surface area is 106 Å². The second-order valence-electron chi connectivity index (χ2n) is 4.94. The minimum Gasteiger partial charge on any atom is -0.452 e. The van der Waals surface area contributed by atoms with Gasteiger partial charge in [0.15, 0.2) is 0 Å². The molecule has 0 spiro atoms.